The van der Waals surface area contributed by atoms with E-state index in [2.05, 4.69) is 15.6 Å². The third-order valence-electron chi connectivity index (χ3n) is 5.17. The molecule has 0 aliphatic carbocycles. The first-order chi connectivity index (χ1) is 14.5. The Bertz CT molecular complexity index is 1090. The Balaban J connectivity index is 1.30. The van der Waals surface area contributed by atoms with Crippen LogP contribution in [-0.4, -0.2) is 40.3 Å². The van der Waals surface area contributed by atoms with Gasteiger partial charge < -0.3 is 15.6 Å². The number of amides is 4. The topological polar surface area (TPSA) is 94.3 Å². The Morgan fingerprint density at radius 3 is 2.67 bits per heavy atom. The zero-order valence-electron chi connectivity index (χ0n) is 16.2. The second kappa shape index (κ2) is 8.59. The van der Waals surface area contributed by atoms with Crippen molar-refractivity contribution in [1.82, 2.24) is 15.2 Å². The van der Waals surface area contributed by atoms with Crippen molar-refractivity contribution in [1.29, 1.82) is 0 Å². The second-order valence-electron chi connectivity index (χ2n) is 7.20. The maximum Gasteiger partial charge on any atom is 0.324 e. The lowest BCUT2D eigenvalue weighted by Crippen LogP contribution is -2.33. The predicted octanol–water partition coefficient (Wildman–Crippen LogP) is 3.70. The monoisotopic (exact) mass is 424 g/mol. The Morgan fingerprint density at radius 1 is 1.10 bits per heavy atom. The van der Waals surface area contributed by atoms with Crippen LogP contribution in [0.2, 0.25) is 5.02 Å². The van der Waals surface area contributed by atoms with Crippen LogP contribution < -0.4 is 10.6 Å². The van der Waals surface area contributed by atoms with Gasteiger partial charge in [-0.15, -0.1) is 0 Å². The number of hydrogen-bond donors (Lipinski definition) is 3. The van der Waals surface area contributed by atoms with Crippen LogP contribution in [-0.2, 0) is 16.0 Å². The van der Waals surface area contributed by atoms with E-state index in [1.165, 1.54) is 4.90 Å². The molecule has 0 saturated carbocycles. The third-order valence-corrected chi connectivity index (χ3v) is 5.43. The van der Waals surface area contributed by atoms with Crippen LogP contribution in [0.4, 0.5) is 10.5 Å². The quantitative estimate of drug-likeness (QED) is 0.505. The van der Waals surface area contributed by atoms with Crippen LogP contribution in [0.5, 0.6) is 0 Å². The molecule has 8 heteroatoms. The number of fused-ring (bicyclic) bond motifs is 1. The number of nitrogens with zero attached hydrogens (tertiary/aromatic N) is 1. The fourth-order valence-electron chi connectivity index (χ4n) is 3.59. The average molecular weight is 425 g/mol. The summed E-state index contributed by atoms with van der Waals surface area (Å²) in [4.78, 5) is 41.5. The van der Waals surface area contributed by atoms with Crippen molar-refractivity contribution < 1.29 is 14.4 Å². The minimum Gasteiger partial charge on any atom is -0.361 e. The summed E-state index contributed by atoms with van der Waals surface area (Å²) in [6, 6.07) is 13.6. The van der Waals surface area contributed by atoms with Gasteiger partial charge in [-0.3, -0.25) is 14.5 Å². The Hall–Kier alpha value is -3.32. The van der Waals surface area contributed by atoms with E-state index in [4.69, 9.17) is 11.6 Å². The van der Waals surface area contributed by atoms with E-state index in [0.29, 0.717) is 23.7 Å². The van der Waals surface area contributed by atoms with Gasteiger partial charge in [-0.2, -0.15) is 0 Å². The highest BCUT2D eigenvalue weighted by Crippen LogP contribution is 2.20. The fourth-order valence-corrected chi connectivity index (χ4v) is 3.71. The lowest BCUT2D eigenvalue weighted by atomic mass is 10.1. The van der Waals surface area contributed by atoms with Gasteiger partial charge in [0.15, 0.2) is 0 Å². The van der Waals surface area contributed by atoms with E-state index < -0.39 is 12.1 Å². The van der Waals surface area contributed by atoms with Crippen LogP contribution in [0.1, 0.15) is 18.4 Å². The fraction of sp³-hybridized carbons (Fsp3) is 0.227. The number of aromatic amines is 1. The van der Waals surface area contributed by atoms with Crippen LogP contribution in [0.3, 0.4) is 0 Å². The zero-order valence-corrected chi connectivity index (χ0v) is 16.9. The number of benzene rings is 2. The summed E-state index contributed by atoms with van der Waals surface area (Å²) < 4.78 is 0. The van der Waals surface area contributed by atoms with Crippen LogP contribution in [0, 0.1) is 0 Å². The van der Waals surface area contributed by atoms with E-state index >= 15 is 0 Å². The largest absolute Gasteiger partial charge is 0.361 e. The molecule has 1 saturated heterocycles. The summed E-state index contributed by atoms with van der Waals surface area (Å²) in [5.41, 5.74) is 2.71. The molecule has 2 heterocycles. The summed E-state index contributed by atoms with van der Waals surface area (Å²) in [6.07, 6.45) is 2.83. The number of rotatable bonds is 7. The number of halogens is 1. The molecule has 1 fully saturated rings. The van der Waals surface area contributed by atoms with Gasteiger partial charge in [-0.1, -0.05) is 29.8 Å². The molecule has 0 bridgehead atoms. The molecule has 4 rings (SSSR count). The van der Waals surface area contributed by atoms with Crippen molar-refractivity contribution in [2.75, 3.05) is 11.9 Å². The average Bonchev–Trinajstić information content (AvgIpc) is 3.27. The van der Waals surface area contributed by atoms with Crippen molar-refractivity contribution in [2.24, 2.45) is 0 Å². The predicted molar refractivity (Wildman–Crippen MR) is 115 cm³/mol. The molecule has 154 valence electrons. The number of hydrogen-bond acceptors (Lipinski definition) is 3. The molecule has 7 nitrogen and oxygen atoms in total. The first-order valence-corrected chi connectivity index (χ1v) is 10.1. The summed E-state index contributed by atoms with van der Waals surface area (Å²) in [5, 5.41) is 7.10. The van der Waals surface area contributed by atoms with E-state index in [1.807, 2.05) is 30.5 Å². The number of carbonyl (C=O) groups is 3. The molecule has 30 heavy (non-hydrogen) atoms. The van der Waals surface area contributed by atoms with Crippen LogP contribution in [0.25, 0.3) is 10.9 Å². The van der Waals surface area contributed by atoms with Crippen molar-refractivity contribution in [3.8, 4) is 0 Å². The smallest absolute Gasteiger partial charge is 0.324 e. The van der Waals surface area contributed by atoms with Gasteiger partial charge in [0.05, 0.1) is 0 Å². The number of H-pyrrole nitrogens is 1. The van der Waals surface area contributed by atoms with Crippen LogP contribution in [0.15, 0.2) is 54.7 Å². The van der Waals surface area contributed by atoms with Crippen molar-refractivity contribution in [3.63, 3.8) is 0 Å². The highest BCUT2D eigenvalue weighted by atomic mass is 35.5. The molecule has 0 spiro atoms. The van der Waals surface area contributed by atoms with E-state index in [-0.39, 0.29) is 24.7 Å². The zero-order chi connectivity index (χ0) is 21.1. The molecule has 3 N–H and O–H groups in total. The number of nitrogens with one attached hydrogen (secondary N) is 3. The van der Waals surface area contributed by atoms with Crippen molar-refractivity contribution >= 4 is 46.0 Å². The van der Waals surface area contributed by atoms with Gasteiger partial charge in [-0.25, -0.2) is 4.79 Å². The number of aromatic nitrogens is 1. The third kappa shape index (κ3) is 4.31. The van der Waals surface area contributed by atoms with E-state index in [1.54, 1.807) is 24.3 Å². The summed E-state index contributed by atoms with van der Waals surface area (Å²) in [5.74, 6) is -0.518. The maximum atomic E-state index is 12.6. The standard InChI is InChI=1S/C22H21ClN4O3/c23-15-5-7-16(8-6-15)25-20(28)10-9-19-21(29)27(22(30)26-19)12-11-14-13-24-18-4-2-1-3-17(14)18/h1-8,13,19,24H,9-12H2,(H,25,28)(H,26,30)/t19-/m1/s1. The molecule has 1 aliphatic heterocycles. The van der Waals surface area contributed by atoms with Crippen molar-refractivity contribution in [2.45, 2.75) is 25.3 Å². The summed E-state index contributed by atoms with van der Waals surface area (Å²) in [7, 11) is 0. The molecule has 1 aliphatic rings. The summed E-state index contributed by atoms with van der Waals surface area (Å²) in [6.45, 7) is 0.292. The highest BCUT2D eigenvalue weighted by molar-refractivity contribution is 6.30. The normalized spacial score (nSPS) is 16.2. The lowest BCUT2D eigenvalue weighted by molar-refractivity contribution is -0.127. The maximum absolute atomic E-state index is 12.6. The van der Waals surface area contributed by atoms with Gasteiger partial charge in [0, 0.05) is 40.8 Å². The molecular formula is C22H21ClN4O3. The number of urea groups is 1. The molecule has 0 radical (unpaired) electrons. The number of para-hydroxylation sites is 1. The number of carbonyl (C=O) groups excluding carboxylic acids is 3. The van der Waals surface area contributed by atoms with Gasteiger partial charge in [0.2, 0.25) is 5.91 Å². The Kier molecular flexibility index (Phi) is 5.72. The van der Waals surface area contributed by atoms with Gasteiger partial charge in [0.25, 0.3) is 5.91 Å². The molecule has 1 atom stereocenters. The number of imide groups is 1. The molecule has 0 unspecified atom stereocenters. The van der Waals surface area contributed by atoms with Gasteiger partial charge in [-0.05, 0) is 48.7 Å². The lowest BCUT2D eigenvalue weighted by Gasteiger charge is -2.12. The first kappa shape index (κ1) is 20.0. The second-order valence-corrected chi connectivity index (χ2v) is 7.63. The summed E-state index contributed by atoms with van der Waals surface area (Å²) >= 11 is 5.83. The number of anilines is 1. The highest BCUT2D eigenvalue weighted by Gasteiger charge is 2.37. The van der Waals surface area contributed by atoms with Crippen molar-refractivity contribution in [3.05, 3.63) is 65.3 Å². The molecule has 3 aromatic rings. The van der Waals surface area contributed by atoms with E-state index in [0.717, 1.165) is 16.5 Å². The molecule has 4 amide bonds. The Morgan fingerprint density at radius 2 is 1.87 bits per heavy atom. The molecule has 1 aromatic heterocycles. The minimum absolute atomic E-state index is 0.121. The molecular weight excluding hydrogens is 404 g/mol. The first-order valence-electron chi connectivity index (χ1n) is 9.73. The van der Waals surface area contributed by atoms with Crippen LogP contribution >= 0.6 is 11.6 Å². The molecule has 2 aromatic carbocycles. The van der Waals surface area contributed by atoms with Gasteiger partial charge >= 0.3 is 6.03 Å². The van der Waals surface area contributed by atoms with E-state index in [9.17, 15) is 14.4 Å². The minimum atomic E-state index is -0.684. The SMILES string of the molecule is O=C(CC[C@H]1NC(=O)N(CCc2c[nH]c3ccccc23)C1=O)Nc1ccc(Cl)cc1. The Labute approximate surface area is 178 Å². The van der Waals surface area contributed by atoms with Gasteiger partial charge in [0.1, 0.15) is 6.04 Å².